The number of hydrogen-bond acceptors (Lipinski definition) is 6. The molecule has 0 saturated carbocycles. The molecule has 4 heterocycles. The number of hydrogen-bond donors (Lipinski definition) is 1. The maximum Gasteiger partial charge on any atom is 0.204 e. The molecule has 336 valence electrons. The van der Waals surface area contributed by atoms with Crippen LogP contribution in [-0.2, 0) is 5.41 Å². The van der Waals surface area contributed by atoms with E-state index in [1.54, 1.807) is 0 Å². The number of aliphatic imine (C=N–C) groups is 2. The summed E-state index contributed by atoms with van der Waals surface area (Å²) in [7, 11) is 0. The molecule has 14 rings (SSSR count). The van der Waals surface area contributed by atoms with Crippen molar-refractivity contribution in [3.8, 4) is 51.0 Å². The van der Waals surface area contributed by atoms with E-state index in [4.69, 9.17) is 24.9 Å². The van der Waals surface area contributed by atoms with E-state index in [1.165, 1.54) is 22.3 Å². The number of nitrogens with zero attached hydrogens (tertiary/aromatic N) is 7. The molecule has 0 amide bonds. The Morgan fingerprint density at radius 1 is 0.437 bits per heavy atom. The first-order valence-corrected chi connectivity index (χ1v) is 24.1. The predicted molar refractivity (Wildman–Crippen MR) is 289 cm³/mol. The maximum absolute atomic E-state index is 5.41. The number of nitrogens with one attached hydrogen (secondary N) is 1. The van der Waals surface area contributed by atoms with E-state index in [2.05, 4.69) is 192 Å². The van der Waals surface area contributed by atoms with Gasteiger partial charge in [-0.2, -0.15) is 0 Å². The number of para-hydroxylation sites is 2. The molecule has 0 fully saturated rings. The fraction of sp³-hybridized carbons (Fsp3) is 0.0635. The van der Waals surface area contributed by atoms with E-state index in [9.17, 15) is 0 Å². The average Bonchev–Trinajstić information content (AvgIpc) is 4.05. The van der Waals surface area contributed by atoms with Gasteiger partial charge >= 0.3 is 0 Å². The van der Waals surface area contributed by atoms with Gasteiger partial charge < -0.3 is 9.88 Å². The van der Waals surface area contributed by atoms with Gasteiger partial charge in [-0.3, -0.25) is 4.57 Å². The number of fused-ring (bicyclic) bond motifs is 10. The highest BCUT2D eigenvalue weighted by Crippen LogP contribution is 2.49. The maximum atomic E-state index is 5.41. The Bertz CT molecular complexity index is 4170. The highest BCUT2D eigenvalue weighted by Gasteiger charge is 2.35. The molecule has 8 heteroatoms. The second-order valence-corrected chi connectivity index (χ2v) is 18.9. The molecule has 0 radical (unpaired) electrons. The quantitative estimate of drug-likeness (QED) is 0.173. The standard InChI is InChI=1S/C63H44N8/c1-63(2)50-30-15-12-27-45(50)46-34-33-43(38-51(46)63)61-65-57(39-19-6-3-7-20-39)64-60(67-61)42-25-18-26-44(37-42)70-53-32-17-14-29-49(53)55-54(70)36-35-48-47-28-13-16-31-52(47)71(56(48)55)62-68-58(40-21-8-4-9-22-40)66-59(69-62)41-23-10-5-11-24-41/h3-38,62H,1-2H3,(H,66,68,69). The Morgan fingerprint density at radius 2 is 1.03 bits per heavy atom. The summed E-state index contributed by atoms with van der Waals surface area (Å²) in [4.78, 5) is 26.2. The van der Waals surface area contributed by atoms with Crippen LogP contribution in [0.25, 0.3) is 94.6 Å². The van der Waals surface area contributed by atoms with Crippen LogP contribution >= 0.6 is 0 Å². The van der Waals surface area contributed by atoms with Crippen LogP contribution in [0, 0.1) is 0 Å². The molecule has 1 atom stereocenters. The fourth-order valence-electron chi connectivity index (χ4n) is 11.1. The molecule has 1 unspecified atom stereocenters. The van der Waals surface area contributed by atoms with Gasteiger partial charge in [-0.15, -0.1) is 0 Å². The van der Waals surface area contributed by atoms with Gasteiger partial charge in [0.1, 0.15) is 5.84 Å². The Kier molecular flexibility index (Phi) is 9.13. The predicted octanol–water partition coefficient (Wildman–Crippen LogP) is 14.3. The summed E-state index contributed by atoms with van der Waals surface area (Å²) in [6.45, 7) is 4.61. The van der Waals surface area contributed by atoms with Crippen molar-refractivity contribution in [1.29, 1.82) is 0 Å². The Balaban J connectivity index is 0.954. The zero-order valence-electron chi connectivity index (χ0n) is 39.0. The van der Waals surface area contributed by atoms with Crippen molar-refractivity contribution in [2.75, 3.05) is 0 Å². The lowest BCUT2D eigenvalue weighted by molar-refractivity contribution is 0.516. The Morgan fingerprint density at radius 3 is 1.79 bits per heavy atom. The Labute approximate surface area is 410 Å². The van der Waals surface area contributed by atoms with Gasteiger partial charge in [-0.25, -0.2) is 24.9 Å². The molecule has 1 N–H and O–H groups in total. The van der Waals surface area contributed by atoms with Crippen LogP contribution < -0.4 is 5.32 Å². The molecular formula is C63H44N8. The third kappa shape index (κ3) is 6.48. The molecule has 71 heavy (non-hydrogen) atoms. The van der Waals surface area contributed by atoms with Gasteiger partial charge in [0.25, 0.3) is 0 Å². The fourth-order valence-corrected chi connectivity index (χ4v) is 11.1. The van der Waals surface area contributed by atoms with Crippen molar-refractivity contribution in [2.24, 2.45) is 9.98 Å². The normalized spacial score (nSPS) is 14.9. The number of benzene rings is 9. The van der Waals surface area contributed by atoms with E-state index < -0.39 is 6.29 Å². The smallest absolute Gasteiger partial charge is 0.204 e. The summed E-state index contributed by atoms with van der Waals surface area (Å²) in [6.07, 6.45) is -0.514. The highest BCUT2D eigenvalue weighted by atomic mass is 15.3. The summed E-state index contributed by atoms with van der Waals surface area (Å²) in [5.74, 6) is 3.31. The van der Waals surface area contributed by atoms with Gasteiger partial charge in [0.2, 0.25) is 6.29 Å². The van der Waals surface area contributed by atoms with Gasteiger partial charge in [0.05, 0.1) is 22.1 Å². The molecular weight excluding hydrogens is 869 g/mol. The Hall–Kier alpha value is -9.27. The molecule has 8 nitrogen and oxygen atoms in total. The first-order valence-electron chi connectivity index (χ1n) is 24.1. The van der Waals surface area contributed by atoms with E-state index in [-0.39, 0.29) is 5.41 Å². The minimum atomic E-state index is -0.514. The van der Waals surface area contributed by atoms with Crippen molar-refractivity contribution in [2.45, 2.75) is 25.6 Å². The second-order valence-electron chi connectivity index (χ2n) is 18.9. The third-order valence-corrected chi connectivity index (χ3v) is 14.4. The van der Waals surface area contributed by atoms with Crippen LogP contribution in [0.5, 0.6) is 0 Å². The van der Waals surface area contributed by atoms with Crippen molar-refractivity contribution < 1.29 is 0 Å². The SMILES string of the molecule is CC1(C)c2ccccc2-c2ccc(-c3nc(-c4ccccc4)nc(-c4cccc(-n5c6ccccc6c6c5ccc5c7ccccc7n(C7N=C(c8ccccc8)N=C(c8ccccc8)N7)c56)c4)n3)cc21. The molecule has 0 spiro atoms. The zero-order valence-corrected chi connectivity index (χ0v) is 39.0. The molecule has 9 aromatic carbocycles. The van der Waals surface area contributed by atoms with Gasteiger partial charge in [0, 0.05) is 60.5 Å². The summed E-state index contributed by atoms with van der Waals surface area (Å²) >= 11 is 0. The van der Waals surface area contributed by atoms with Crippen LogP contribution in [-0.4, -0.2) is 35.8 Å². The van der Waals surface area contributed by atoms with Gasteiger partial charge in [-0.05, 0) is 58.7 Å². The number of rotatable bonds is 7. The van der Waals surface area contributed by atoms with E-state index in [1.807, 2.05) is 54.6 Å². The van der Waals surface area contributed by atoms with Crippen molar-refractivity contribution >= 4 is 55.3 Å². The summed E-state index contributed by atoms with van der Waals surface area (Å²) in [5.41, 5.74) is 15.0. The molecule has 1 aliphatic carbocycles. The van der Waals surface area contributed by atoms with Crippen LogP contribution in [0.15, 0.2) is 228 Å². The topological polar surface area (TPSA) is 85.3 Å². The number of amidine groups is 2. The van der Waals surface area contributed by atoms with Gasteiger partial charge in [-0.1, -0.05) is 196 Å². The van der Waals surface area contributed by atoms with E-state index in [0.29, 0.717) is 23.3 Å². The van der Waals surface area contributed by atoms with Crippen molar-refractivity contribution in [3.63, 3.8) is 0 Å². The average molecular weight is 913 g/mol. The minimum Gasteiger partial charge on any atom is -0.331 e. The lowest BCUT2D eigenvalue weighted by Gasteiger charge is -2.26. The minimum absolute atomic E-state index is 0.165. The van der Waals surface area contributed by atoms with Crippen molar-refractivity contribution in [3.05, 3.63) is 241 Å². The molecule has 12 aromatic rings. The first-order chi connectivity index (χ1) is 35.0. The molecule has 2 aliphatic rings. The molecule has 0 bridgehead atoms. The highest BCUT2D eigenvalue weighted by molar-refractivity contribution is 6.26. The molecule has 1 aliphatic heterocycles. The van der Waals surface area contributed by atoms with E-state index in [0.717, 1.165) is 83.0 Å². The van der Waals surface area contributed by atoms with Crippen LogP contribution in [0.2, 0.25) is 0 Å². The molecule has 0 saturated heterocycles. The van der Waals surface area contributed by atoms with Crippen LogP contribution in [0.1, 0.15) is 42.4 Å². The van der Waals surface area contributed by atoms with E-state index >= 15 is 0 Å². The second kappa shape index (κ2) is 15.9. The van der Waals surface area contributed by atoms with Crippen LogP contribution in [0.3, 0.4) is 0 Å². The zero-order chi connectivity index (χ0) is 47.2. The summed E-state index contributed by atoms with van der Waals surface area (Å²) in [5, 5.41) is 8.36. The third-order valence-electron chi connectivity index (χ3n) is 14.4. The van der Waals surface area contributed by atoms with Crippen molar-refractivity contribution in [1.82, 2.24) is 29.4 Å². The lowest BCUT2D eigenvalue weighted by atomic mass is 9.82. The first kappa shape index (κ1) is 40.8. The number of aromatic nitrogens is 5. The summed E-state index contributed by atoms with van der Waals surface area (Å²) < 4.78 is 4.75. The van der Waals surface area contributed by atoms with Crippen LogP contribution in [0.4, 0.5) is 0 Å². The summed E-state index contributed by atoms with van der Waals surface area (Å²) in [6, 6.07) is 76.7. The lowest BCUT2D eigenvalue weighted by Crippen LogP contribution is -2.36. The monoisotopic (exact) mass is 912 g/mol. The van der Waals surface area contributed by atoms with Gasteiger partial charge in [0.15, 0.2) is 23.3 Å². The largest absolute Gasteiger partial charge is 0.331 e. The molecule has 3 aromatic heterocycles.